The van der Waals surface area contributed by atoms with Crippen molar-refractivity contribution in [2.75, 3.05) is 0 Å². The first kappa shape index (κ1) is 17.7. The Hall–Kier alpha value is -3.15. The molecule has 26 heavy (non-hydrogen) atoms. The molecule has 0 aliphatic rings. The Kier molecular flexibility index (Phi) is 5.63. The zero-order valence-electron chi connectivity index (χ0n) is 14.8. The number of carbonyl (C=O) groups excluding carboxylic acids is 1. The molecule has 2 aromatic heterocycles. The highest BCUT2D eigenvalue weighted by Crippen LogP contribution is 2.04. The van der Waals surface area contributed by atoms with Crippen LogP contribution in [0.1, 0.15) is 17.0 Å². The van der Waals surface area contributed by atoms with Gasteiger partial charge in [0.1, 0.15) is 12.4 Å². The standard InChI is InChI=1S/C20H22N4O2/c1-16-7-10-24(20(26)13-16)15-19(25)22-14-18-21-9-12-23(18)11-8-17-5-3-2-4-6-17/h2-7,9-10,12-13H,8,11,14-15H2,1H3,(H,22,25). The molecule has 3 aromatic rings. The number of nitrogens with zero attached hydrogens (tertiary/aromatic N) is 3. The Morgan fingerprint density at radius 2 is 1.92 bits per heavy atom. The van der Waals surface area contributed by atoms with Crippen LogP contribution in [0, 0.1) is 6.92 Å². The molecular weight excluding hydrogens is 328 g/mol. The second kappa shape index (κ2) is 8.29. The van der Waals surface area contributed by atoms with E-state index in [0.29, 0.717) is 6.54 Å². The molecule has 0 aliphatic heterocycles. The quantitative estimate of drug-likeness (QED) is 0.708. The Bertz CT molecular complexity index is 928. The highest BCUT2D eigenvalue weighted by Gasteiger charge is 2.08. The van der Waals surface area contributed by atoms with Crippen molar-refractivity contribution < 1.29 is 4.79 Å². The zero-order valence-corrected chi connectivity index (χ0v) is 14.8. The molecule has 0 aliphatic carbocycles. The van der Waals surface area contributed by atoms with Crippen LogP contribution in [0.2, 0.25) is 0 Å². The van der Waals surface area contributed by atoms with Gasteiger partial charge in [-0.05, 0) is 30.5 Å². The third-order valence-corrected chi connectivity index (χ3v) is 4.20. The molecule has 6 nitrogen and oxygen atoms in total. The Balaban J connectivity index is 1.54. The molecule has 6 heteroatoms. The molecule has 0 spiro atoms. The summed E-state index contributed by atoms with van der Waals surface area (Å²) < 4.78 is 3.43. The van der Waals surface area contributed by atoms with Gasteiger partial charge in [-0.1, -0.05) is 30.3 Å². The molecular formula is C20H22N4O2. The van der Waals surface area contributed by atoms with Crippen LogP contribution in [-0.4, -0.2) is 20.0 Å². The maximum atomic E-state index is 12.1. The van der Waals surface area contributed by atoms with E-state index in [1.54, 1.807) is 12.4 Å². The minimum absolute atomic E-state index is 0.00381. The lowest BCUT2D eigenvalue weighted by atomic mass is 10.1. The molecule has 0 fully saturated rings. The Morgan fingerprint density at radius 1 is 1.12 bits per heavy atom. The minimum atomic E-state index is -0.214. The van der Waals surface area contributed by atoms with E-state index < -0.39 is 0 Å². The van der Waals surface area contributed by atoms with Gasteiger partial charge >= 0.3 is 0 Å². The van der Waals surface area contributed by atoms with Crippen LogP contribution in [0.25, 0.3) is 0 Å². The van der Waals surface area contributed by atoms with Crippen molar-refractivity contribution in [1.29, 1.82) is 0 Å². The number of pyridine rings is 1. The van der Waals surface area contributed by atoms with Gasteiger partial charge in [-0.15, -0.1) is 0 Å². The predicted octanol–water partition coefficient (Wildman–Crippen LogP) is 1.91. The highest BCUT2D eigenvalue weighted by atomic mass is 16.2. The average Bonchev–Trinajstić information content (AvgIpc) is 3.09. The van der Waals surface area contributed by atoms with Gasteiger partial charge < -0.3 is 14.5 Å². The van der Waals surface area contributed by atoms with Crippen molar-refractivity contribution in [3.63, 3.8) is 0 Å². The summed E-state index contributed by atoms with van der Waals surface area (Å²) in [6.45, 7) is 2.98. The van der Waals surface area contributed by atoms with Gasteiger partial charge in [-0.3, -0.25) is 9.59 Å². The van der Waals surface area contributed by atoms with Crippen molar-refractivity contribution in [2.24, 2.45) is 0 Å². The maximum Gasteiger partial charge on any atom is 0.251 e. The van der Waals surface area contributed by atoms with E-state index in [9.17, 15) is 9.59 Å². The molecule has 1 N–H and O–H groups in total. The topological polar surface area (TPSA) is 68.9 Å². The number of aromatic nitrogens is 3. The molecule has 0 saturated heterocycles. The molecule has 0 bridgehead atoms. The summed E-state index contributed by atoms with van der Waals surface area (Å²) in [5.41, 5.74) is 1.96. The van der Waals surface area contributed by atoms with Crippen LogP contribution < -0.4 is 10.9 Å². The first-order chi connectivity index (χ1) is 12.6. The van der Waals surface area contributed by atoms with Gasteiger partial charge in [-0.25, -0.2) is 4.98 Å². The first-order valence-corrected chi connectivity index (χ1v) is 8.59. The molecule has 0 saturated carbocycles. The fourth-order valence-corrected chi connectivity index (χ4v) is 2.73. The first-order valence-electron chi connectivity index (χ1n) is 8.59. The predicted molar refractivity (Wildman–Crippen MR) is 99.7 cm³/mol. The number of aryl methyl sites for hydroxylation is 3. The second-order valence-electron chi connectivity index (χ2n) is 6.22. The van der Waals surface area contributed by atoms with E-state index in [0.717, 1.165) is 24.4 Å². The SMILES string of the molecule is Cc1ccn(CC(=O)NCc2nccn2CCc2ccccc2)c(=O)c1. The number of hydrogen-bond donors (Lipinski definition) is 1. The lowest BCUT2D eigenvalue weighted by Gasteiger charge is -2.10. The highest BCUT2D eigenvalue weighted by molar-refractivity contribution is 5.75. The fourth-order valence-electron chi connectivity index (χ4n) is 2.73. The Morgan fingerprint density at radius 3 is 2.69 bits per heavy atom. The second-order valence-corrected chi connectivity index (χ2v) is 6.22. The molecule has 3 rings (SSSR count). The van der Waals surface area contributed by atoms with Gasteiger partial charge in [0.05, 0.1) is 6.54 Å². The van der Waals surface area contributed by atoms with Crippen LogP contribution in [0.15, 0.2) is 65.8 Å². The fraction of sp³-hybridized carbons (Fsp3) is 0.250. The van der Waals surface area contributed by atoms with Crippen LogP contribution in [0.3, 0.4) is 0 Å². The summed E-state index contributed by atoms with van der Waals surface area (Å²) in [6.07, 6.45) is 6.18. The summed E-state index contributed by atoms with van der Waals surface area (Å²) in [5.74, 6) is 0.582. The maximum absolute atomic E-state index is 12.1. The summed E-state index contributed by atoms with van der Waals surface area (Å²) in [7, 11) is 0. The van der Waals surface area contributed by atoms with E-state index in [2.05, 4.69) is 22.4 Å². The molecule has 0 radical (unpaired) electrons. The molecule has 0 unspecified atom stereocenters. The van der Waals surface area contributed by atoms with Gasteiger partial charge in [-0.2, -0.15) is 0 Å². The average molecular weight is 350 g/mol. The lowest BCUT2D eigenvalue weighted by Crippen LogP contribution is -2.32. The number of benzene rings is 1. The summed E-state index contributed by atoms with van der Waals surface area (Å²) in [4.78, 5) is 28.3. The van der Waals surface area contributed by atoms with Gasteiger partial charge in [0.2, 0.25) is 5.91 Å². The smallest absolute Gasteiger partial charge is 0.251 e. The number of carbonyl (C=O) groups is 1. The third-order valence-electron chi connectivity index (χ3n) is 4.20. The monoisotopic (exact) mass is 350 g/mol. The van der Waals surface area contributed by atoms with E-state index in [-0.39, 0.29) is 18.0 Å². The van der Waals surface area contributed by atoms with E-state index in [1.165, 1.54) is 16.2 Å². The number of rotatable bonds is 7. The lowest BCUT2D eigenvalue weighted by molar-refractivity contribution is -0.121. The largest absolute Gasteiger partial charge is 0.347 e. The van der Waals surface area contributed by atoms with Crippen molar-refractivity contribution in [3.8, 4) is 0 Å². The van der Waals surface area contributed by atoms with Crippen LogP contribution in [0.4, 0.5) is 0 Å². The Labute approximate surface area is 152 Å². The van der Waals surface area contributed by atoms with E-state index >= 15 is 0 Å². The van der Waals surface area contributed by atoms with Crippen LogP contribution >= 0.6 is 0 Å². The molecule has 1 aromatic carbocycles. The van der Waals surface area contributed by atoms with Crippen LogP contribution in [0.5, 0.6) is 0 Å². The van der Waals surface area contributed by atoms with Crippen molar-refractivity contribution in [3.05, 3.63) is 88.4 Å². The number of amides is 1. The normalized spacial score (nSPS) is 10.7. The summed E-state index contributed by atoms with van der Waals surface area (Å²) >= 11 is 0. The molecule has 134 valence electrons. The number of imidazole rings is 1. The van der Waals surface area contributed by atoms with Crippen molar-refractivity contribution in [2.45, 2.75) is 33.0 Å². The van der Waals surface area contributed by atoms with E-state index in [4.69, 9.17) is 0 Å². The summed E-state index contributed by atoms with van der Waals surface area (Å²) in [5, 5.41) is 2.83. The van der Waals surface area contributed by atoms with E-state index in [1.807, 2.05) is 42.0 Å². The molecule has 2 heterocycles. The zero-order chi connectivity index (χ0) is 18.4. The van der Waals surface area contributed by atoms with Crippen molar-refractivity contribution in [1.82, 2.24) is 19.4 Å². The summed E-state index contributed by atoms with van der Waals surface area (Å²) in [6, 6.07) is 13.6. The minimum Gasteiger partial charge on any atom is -0.347 e. The van der Waals surface area contributed by atoms with Crippen LogP contribution in [-0.2, 0) is 30.8 Å². The number of nitrogens with one attached hydrogen (secondary N) is 1. The van der Waals surface area contributed by atoms with Gasteiger partial charge in [0.25, 0.3) is 5.56 Å². The molecule has 1 amide bonds. The van der Waals surface area contributed by atoms with Gasteiger partial charge in [0, 0.05) is 31.2 Å². The number of hydrogen-bond acceptors (Lipinski definition) is 3. The van der Waals surface area contributed by atoms with Crippen molar-refractivity contribution >= 4 is 5.91 Å². The van der Waals surface area contributed by atoms with Gasteiger partial charge in [0.15, 0.2) is 0 Å². The third kappa shape index (κ3) is 4.69. The molecule has 0 atom stereocenters.